The molecule has 5 nitrogen and oxygen atoms in total. The Morgan fingerprint density at radius 2 is 1.61 bits per heavy atom. The molecule has 0 atom stereocenters. The van der Waals surface area contributed by atoms with Gasteiger partial charge in [-0.3, -0.25) is 19.7 Å². The van der Waals surface area contributed by atoms with Crippen molar-refractivity contribution in [2.75, 3.05) is 5.32 Å². The molecule has 4 rings (SSSR count). The molecule has 4 aromatic rings. The Kier molecular flexibility index (Phi) is 3.16. The van der Waals surface area contributed by atoms with Crippen LogP contribution in [0.25, 0.3) is 21.9 Å². The molecule has 2 aromatic carbocycles. The molecule has 2 heterocycles. The third-order valence-corrected chi connectivity index (χ3v) is 3.63. The van der Waals surface area contributed by atoms with Crippen LogP contribution >= 0.6 is 0 Å². The fourth-order valence-corrected chi connectivity index (χ4v) is 2.51. The second-order valence-corrected chi connectivity index (χ2v) is 5.09. The first kappa shape index (κ1) is 13.3. The molecule has 0 bridgehead atoms. The fraction of sp³-hybridized carbons (Fsp3) is 0. The maximum absolute atomic E-state index is 12.5. The van der Waals surface area contributed by atoms with Crippen LogP contribution in [0.5, 0.6) is 0 Å². The Balaban J connectivity index is 1.70. The molecule has 0 spiro atoms. The molecular formula is C18H12N4O. The van der Waals surface area contributed by atoms with E-state index in [1.165, 1.54) is 0 Å². The fourth-order valence-electron chi connectivity index (χ4n) is 2.51. The molecular weight excluding hydrogens is 288 g/mol. The summed E-state index contributed by atoms with van der Waals surface area (Å²) in [6.07, 6.45) is 4.97. The van der Waals surface area contributed by atoms with Gasteiger partial charge in [0.05, 0.1) is 22.2 Å². The van der Waals surface area contributed by atoms with Crippen molar-refractivity contribution in [1.82, 2.24) is 15.0 Å². The van der Waals surface area contributed by atoms with Crippen LogP contribution in [0, 0.1) is 0 Å². The first-order chi connectivity index (χ1) is 11.3. The van der Waals surface area contributed by atoms with Crippen LogP contribution in [-0.4, -0.2) is 20.9 Å². The number of nitrogens with zero attached hydrogens (tertiary/aromatic N) is 3. The topological polar surface area (TPSA) is 67.8 Å². The molecule has 0 fully saturated rings. The van der Waals surface area contributed by atoms with Crippen molar-refractivity contribution in [3.05, 3.63) is 72.7 Å². The number of fused-ring (bicyclic) bond motifs is 2. The molecule has 0 saturated heterocycles. The predicted molar refractivity (Wildman–Crippen MR) is 89.2 cm³/mol. The summed E-state index contributed by atoms with van der Waals surface area (Å²) in [6.45, 7) is 0. The number of aromatic nitrogens is 3. The number of benzene rings is 2. The van der Waals surface area contributed by atoms with Gasteiger partial charge in [-0.15, -0.1) is 0 Å². The van der Waals surface area contributed by atoms with Crippen LogP contribution in [0.1, 0.15) is 10.4 Å². The molecule has 0 aliphatic heterocycles. The van der Waals surface area contributed by atoms with Crippen LogP contribution in [0.2, 0.25) is 0 Å². The van der Waals surface area contributed by atoms with Gasteiger partial charge in [-0.2, -0.15) is 0 Å². The summed E-state index contributed by atoms with van der Waals surface area (Å²) in [7, 11) is 0. The summed E-state index contributed by atoms with van der Waals surface area (Å²) in [5.74, 6) is -0.186. The number of amides is 1. The number of carbonyl (C=O) groups is 1. The van der Waals surface area contributed by atoms with E-state index in [0.29, 0.717) is 11.1 Å². The van der Waals surface area contributed by atoms with E-state index in [2.05, 4.69) is 20.3 Å². The van der Waals surface area contributed by atoms with E-state index in [1.807, 2.05) is 30.3 Å². The van der Waals surface area contributed by atoms with E-state index in [1.54, 1.807) is 36.8 Å². The van der Waals surface area contributed by atoms with E-state index in [4.69, 9.17) is 0 Å². The zero-order valence-corrected chi connectivity index (χ0v) is 12.1. The van der Waals surface area contributed by atoms with Crippen LogP contribution in [-0.2, 0) is 0 Å². The Morgan fingerprint density at radius 1 is 0.783 bits per heavy atom. The average Bonchev–Trinajstić information content (AvgIpc) is 2.61. The second kappa shape index (κ2) is 5.46. The van der Waals surface area contributed by atoms with Crippen LogP contribution in [0.3, 0.4) is 0 Å². The maximum Gasteiger partial charge on any atom is 0.255 e. The van der Waals surface area contributed by atoms with Crippen molar-refractivity contribution in [2.45, 2.75) is 0 Å². The number of carbonyl (C=O) groups excluding carboxylic acids is 1. The molecule has 5 heteroatoms. The van der Waals surface area contributed by atoms with E-state index in [9.17, 15) is 4.79 Å². The average molecular weight is 300 g/mol. The highest BCUT2D eigenvalue weighted by Gasteiger charge is 2.09. The van der Waals surface area contributed by atoms with E-state index in [-0.39, 0.29) is 5.91 Å². The highest BCUT2D eigenvalue weighted by molar-refractivity contribution is 6.09. The molecule has 0 unspecified atom stereocenters. The van der Waals surface area contributed by atoms with Crippen LogP contribution < -0.4 is 5.32 Å². The maximum atomic E-state index is 12.5. The second-order valence-electron chi connectivity index (χ2n) is 5.09. The van der Waals surface area contributed by atoms with Gasteiger partial charge in [0.15, 0.2) is 0 Å². The molecule has 110 valence electrons. The van der Waals surface area contributed by atoms with Crippen LogP contribution in [0.15, 0.2) is 67.1 Å². The van der Waals surface area contributed by atoms with Gasteiger partial charge < -0.3 is 5.32 Å². The molecule has 1 N–H and O–H groups in total. The Bertz CT molecular complexity index is 1020. The number of hydrogen-bond acceptors (Lipinski definition) is 4. The summed E-state index contributed by atoms with van der Waals surface area (Å²) in [5.41, 5.74) is 3.58. The minimum absolute atomic E-state index is 0.186. The molecule has 0 aliphatic carbocycles. The molecule has 0 saturated carbocycles. The monoisotopic (exact) mass is 300 g/mol. The van der Waals surface area contributed by atoms with Gasteiger partial charge in [0, 0.05) is 29.5 Å². The van der Waals surface area contributed by atoms with Crippen molar-refractivity contribution >= 4 is 33.5 Å². The number of rotatable bonds is 2. The van der Waals surface area contributed by atoms with Gasteiger partial charge >= 0.3 is 0 Å². The van der Waals surface area contributed by atoms with Crippen molar-refractivity contribution < 1.29 is 4.79 Å². The molecule has 2 aromatic heterocycles. The third kappa shape index (κ3) is 2.48. The number of anilines is 1. The van der Waals surface area contributed by atoms with E-state index < -0.39 is 0 Å². The van der Waals surface area contributed by atoms with Gasteiger partial charge in [0.1, 0.15) is 0 Å². The van der Waals surface area contributed by atoms with E-state index >= 15 is 0 Å². The molecule has 23 heavy (non-hydrogen) atoms. The first-order valence-corrected chi connectivity index (χ1v) is 7.17. The largest absolute Gasteiger partial charge is 0.321 e. The van der Waals surface area contributed by atoms with Gasteiger partial charge in [0.2, 0.25) is 0 Å². The number of hydrogen-bond donors (Lipinski definition) is 1. The lowest BCUT2D eigenvalue weighted by molar-refractivity contribution is 0.102. The standard InChI is InChI=1S/C18H12N4O/c23-18(12-6-7-16-17(11-12)21-10-9-20-16)22-15-5-1-4-14-13(15)3-2-8-19-14/h1-11H,(H,22,23). The van der Waals surface area contributed by atoms with Crippen molar-refractivity contribution in [1.29, 1.82) is 0 Å². The van der Waals surface area contributed by atoms with Crippen molar-refractivity contribution in [2.24, 2.45) is 0 Å². The minimum atomic E-state index is -0.186. The molecule has 1 amide bonds. The quantitative estimate of drug-likeness (QED) is 0.616. The number of pyridine rings is 1. The van der Waals surface area contributed by atoms with Gasteiger partial charge in [-0.25, -0.2) is 0 Å². The third-order valence-electron chi connectivity index (χ3n) is 3.63. The zero-order chi connectivity index (χ0) is 15.6. The minimum Gasteiger partial charge on any atom is -0.321 e. The van der Waals surface area contributed by atoms with Gasteiger partial charge in [-0.1, -0.05) is 6.07 Å². The SMILES string of the molecule is O=C(Nc1cccc2ncccc12)c1ccc2nccnc2c1. The highest BCUT2D eigenvalue weighted by atomic mass is 16.1. The van der Waals surface area contributed by atoms with Crippen molar-refractivity contribution in [3.8, 4) is 0 Å². The zero-order valence-electron chi connectivity index (χ0n) is 12.1. The lowest BCUT2D eigenvalue weighted by Crippen LogP contribution is -2.12. The highest BCUT2D eigenvalue weighted by Crippen LogP contribution is 2.22. The molecule has 0 aliphatic rings. The van der Waals surface area contributed by atoms with Crippen molar-refractivity contribution in [3.63, 3.8) is 0 Å². The summed E-state index contributed by atoms with van der Waals surface area (Å²) in [4.78, 5) is 25.2. The summed E-state index contributed by atoms with van der Waals surface area (Å²) < 4.78 is 0. The van der Waals surface area contributed by atoms with Crippen LogP contribution in [0.4, 0.5) is 5.69 Å². The first-order valence-electron chi connectivity index (χ1n) is 7.17. The lowest BCUT2D eigenvalue weighted by Gasteiger charge is -2.08. The summed E-state index contributed by atoms with van der Waals surface area (Å²) in [6, 6.07) is 14.7. The Morgan fingerprint density at radius 3 is 2.52 bits per heavy atom. The number of nitrogens with one attached hydrogen (secondary N) is 1. The predicted octanol–water partition coefficient (Wildman–Crippen LogP) is 3.43. The summed E-state index contributed by atoms with van der Waals surface area (Å²) >= 11 is 0. The van der Waals surface area contributed by atoms with Gasteiger partial charge in [0.25, 0.3) is 5.91 Å². The molecule has 0 radical (unpaired) electrons. The Labute approximate surface area is 132 Å². The Hall–Kier alpha value is -3.34. The normalized spacial score (nSPS) is 10.8. The van der Waals surface area contributed by atoms with Gasteiger partial charge in [-0.05, 0) is 42.5 Å². The smallest absolute Gasteiger partial charge is 0.255 e. The van der Waals surface area contributed by atoms with E-state index in [0.717, 1.165) is 22.1 Å². The lowest BCUT2D eigenvalue weighted by atomic mass is 10.1. The summed E-state index contributed by atoms with van der Waals surface area (Å²) in [5, 5.41) is 3.85.